The molecule has 1 heterocycles. The third-order valence-electron chi connectivity index (χ3n) is 10.8. The van der Waals surface area contributed by atoms with Crippen molar-refractivity contribution in [1.82, 2.24) is 4.90 Å². The number of hydrogen-bond acceptors (Lipinski definition) is 6. The standard InChI is InChI=1S/C26H48O6.C18H35NO/c1-4-7-10-14-17-22(24(28)29)32-23(27)18-15-12-11-13-16-21-26(25(30)31,19-8-5-2)20-9-6-3;1-2-3-4-5-6-7-8-9-10-13-16-19-17-14-11-12-15-18(19)20/h22H,4-21H2,1-3H3,(H,28,29)(H,30,31);2-17H2,1H3/p-1. The fourth-order valence-electron chi connectivity index (χ4n) is 7.25. The van der Waals surface area contributed by atoms with Crippen molar-refractivity contribution < 1.29 is 34.1 Å². The molecule has 306 valence electrons. The lowest BCUT2D eigenvalue weighted by Crippen LogP contribution is -2.42. The molecule has 1 aliphatic heterocycles. The minimum absolute atomic E-state index is 0.231. The van der Waals surface area contributed by atoms with Crippen LogP contribution in [-0.2, 0) is 23.9 Å². The molecule has 1 rings (SSSR count). The number of esters is 1. The molecule has 0 bridgehead atoms. The van der Waals surface area contributed by atoms with Crippen molar-refractivity contribution >= 4 is 23.8 Å². The summed E-state index contributed by atoms with van der Waals surface area (Å²) in [5.74, 6) is -2.01. The number of unbranched alkanes of at least 4 members (excludes halogenated alkanes) is 18. The van der Waals surface area contributed by atoms with Crippen LogP contribution in [0.15, 0.2) is 0 Å². The lowest BCUT2D eigenvalue weighted by molar-refractivity contribution is -0.320. The number of hydrogen-bond donors (Lipinski definition) is 1. The predicted molar refractivity (Wildman–Crippen MR) is 212 cm³/mol. The summed E-state index contributed by atoms with van der Waals surface area (Å²) in [6.07, 6.45) is 31.5. The van der Waals surface area contributed by atoms with E-state index in [2.05, 4.69) is 32.6 Å². The van der Waals surface area contributed by atoms with Crippen LogP contribution in [0, 0.1) is 5.41 Å². The van der Waals surface area contributed by atoms with Crippen molar-refractivity contribution in [2.75, 3.05) is 13.1 Å². The SMILES string of the molecule is CCCCCCC(OC(=O)CCCCCCCC(CCCC)(CCCC)C(=O)[O-])C(=O)O.CCCCCCCCCCCCN1CCCCCC1=O. The van der Waals surface area contributed by atoms with Gasteiger partial charge in [-0.05, 0) is 57.8 Å². The van der Waals surface area contributed by atoms with E-state index in [4.69, 9.17) is 4.74 Å². The van der Waals surface area contributed by atoms with E-state index in [1.165, 1.54) is 77.0 Å². The minimum Gasteiger partial charge on any atom is -0.550 e. The van der Waals surface area contributed by atoms with Crippen LogP contribution >= 0.6 is 0 Å². The van der Waals surface area contributed by atoms with E-state index in [0.29, 0.717) is 38.0 Å². The molecule has 1 saturated heterocycles. The highest BCUT2D eigenvalue weighted by Gasteiger charge is 2.30. The van der Waals surface area contributed by atoms with E-state index < -0.39 is 29.4 Å². The van der Waals surface area contributed by atoms with Crippen LogP contribution in [0.3, 0.4) is 0 Å². The Bertz CT molecular complexity index is 884. The van der Waals surface area contributed by atoms with E-state index in [1.807, 2.05) is 0 Å². The number of amides is 1. The molecule has 8 heteroatoms. The number of carbonyl (C=O) groups is 4. The van der Waals surface area contributed by atoms with Crippen molar-refractivity contribution in [3.8, 4) is 0 Å². The number of likely N-dealkylation sites (tertiary alicyclic amines) is 1. The van der Waals surface area contributed by atoms with Crippen LogP contribution < -0.4 is 5.11 Å². The zero-order valence-electron chi connectivity index (χ0n) is 34.5. The molecular weight excluding hydrogens is 654 g/mol. The van der Waals surface area contributed by atoms with Crippen LogP contribution in [0.1, 0.15) is 233 Å². The van der Waals surface area contributed by atoms with Crippen LogP contribution in [0.4, 0.5) is 0 Å². The number of nitrogens with zero attached hydrogens (tertiary/aromatic N) is 1. The molecular formula is C44H82NO7-. The van der Waals surface area contributed by atoms with Crippen molar-refractivity contribution in [3.05, 3.63) is 0 Å². The molecule has 1 unspecified atom stereocenters. The molecule has 0 aromatic carbocycles. The normalized spacial score (nSPS) is 14.0. The van der Waals surface area contributed by atoms with E-state index in [-0.39, 0.29) is 6.42 Å². The van der Waals surface area contributed by atoms with Crippen molar-refractivity contribution in [1.29, 1.82) is 0 Å². The third kappa shape index (κ3) is 26.6. The van der Waals surface area contributed by atoms with Crippen molar-refractivity contribution in [2.24, 2.45) is 5.41 Å². The van der Waals surface area contributed by atoms with Crippen molar-refractivity contribution in [2.45, 2.75) is 239 Å². The predicted octanol–water partition coefficient (Wildman–Crippen LogP) is 11.1. The maximum Gasteiger partial charge on any atom is 0.345 e. The Balaban J connectivity index is 0.00000111. The highest BCUT2D eigenvalue weighted by molar-refractivity contribution is 5.78. The first kappa shape index (κ1) is 49.9. The van der Waals surface area contributed by atoms with Gasteiger partial charge < -0.3 is 24.6 Å². The molecule has 0 aromatic heterocycles. The van der Waals surface area contributed by atoms with Crippen LogP contribution in [0.25, 0.3) is 0 Å². The molecule has 0 spiro atoms. The minimum atomic E-state index is -1.07. The summed E-state index contributed by atoms with van der Waals surface area (Å²) >= 11 is 0. The second-order valence-electron chi connectivity index (χ2n) is 15.6. The highest BCUT2D eigenvalue weighted by Crippen LogP contribution is 2.36. The number of rotatable bonds is 33. The second-order valence-corrected chi connectivity index (χ2v) is 15.6. The number of ether oxygens (including phenoxy) is 1. The summed E-state index contributed by atoms with van der Waals surface area (Å²) in [6, 6.07) is 0. The quantitative estimate of drug-likeness (QED) is 0.0525. The number of carboxylic acids is 2. The van der Waals surface area contributed by atoms with E-state index in [0.717, 1.165) is 103 Å². The molecule has 0 radical (unpaired) electrons. The maximum atomic E-state index is 12.0. The summed E-state index contributed by atoms with van der Waals surface area (Å²) < 4.78 is 5.16. The van der Waals surface area contributed by atoms with Crippen LogP contribution in [-0.4, -0.2) is 53.0 Å². The van der Waals surface area contributed by atoms with Gasteiger partial charge in [-0.15, -0.1) is 0 Å². The van der Waals surface area contributed by atoms with Gasteiger partial charge in [-0.2, -0.15) is 0 Å². The molecule has 52 heavy (non-hydrogen) atoms. The zero-order chi connectivity index (χ0) is 38.7. The zero-order valence-corrected chi connectivity index (χ0v) is 34.5. The summed E-state index contributed by atoms with van der Waals surface area (Å²) in [7, 11) is 0. The fourth-order valence-corrected chi connectivity index (χ4v) is 7.25. The van der Waals surface area contributed by atoms with Gasteiger partial charge >= 0.3 is 11.9 Å². The van der Waals surface area contributed by atoms with Gasteiger partial charge in [0.25, 0.3) is 0 Å². The monoisotopic (exact) mass is 737 g/mol. The summed E-state index contributed by atoms with van der Waals surface area (Å²) in [6.45, 7) is 10.5. The first-order valence-corrected chi connectivity index (χ1v) is 22.1. The molecule has 0 aliphatic carbocycles. The largest absolute Gasteiger partial charge is 0.550 e. The molecule has 1 aliphatic rings. The Labute approximate surface area is 320 Å². The lowest BCUT2D eigenvalue weighted by Gasteiger charge is -2.35. The van der Waals surface area contributed by atoms with Crippen LogP contribution in [0.5, 0.6) is 0 Å². The molecule has 1 N–H and O–H groups in total. The average molecular weight is 737 g/mol. The summed E-state index contributed by atoms with van der Waals surface area (Å²) in [4.78, 5) is 49.1. The summed E-state index contributed by atoms with van der Waals surface area (Å²) in [5, 5.41) is 21.1. The smallest absolute Gasteiger partial charge is 0.345 e. The van der Waals surface area contributed by atoms with E-state index in [1.54, 1.807) is 0 Å². The molecule has 0 saturated carbocycles. The number of carbonyl (C=O) groups excluding carboxylic acids is 3. The van der Waals surface area contributed by atoms with Crippen LogP contribution in [0.2, 0.25) is 0 Å². The Morgan fingerprint density at radius 1 is 0.654 bits per heavy atom. The number of carboxylic acid groups (broad SMARTS) is 2. The second kappa shape index (κ2) is 34.6. The Hall–Kier alpha value is -2.12. The Morgan fingerprint density at radius 3 is 1.67 bits per heavy atom. The topological polar surface area (TPSA) is 124 Å². The van der Waals surface area contributed by atoms with Gasteiger partial charge in [0.1, 0.15) is 0 Å². The van der Waals surface area contributed by atoms with Gasteiger partial charge in [-0.25, -0.2) is 4.79 Å². The lowest BCUT2D eigenvalue weighted by atomic mass is 9.74. The van der Waals surface area contributed by atoms with E-state index >= 15 is 0 Å². The van der Waals surface area contributed by atoms with E-state index in [9.17, 15) is 29.4 Å². The van der Waals surface area contributed by atoms with Gasteiger partial charge in [-0.1, -0.05) is 163 Å². The third-order valence-corrected chi connectivity index (χ3v) is 10.8. The van der Waals surface area contributed by atoms with Gasteiger partial charge in [-0.3, -0.25) is 9.59 Å². The Kier molecular flexibility index (Phi) is 33.2. The van der Waals surface area contributed by atoms with Gasteiger partial charge in [0.2, 0.25) is 5.91 Å². The van der Waals surface area contributed by atoms with Gasteiger partial charge in [0.05, 0.1) is 0 Å². The molecule has 8 nitrogen and oxygen atoms in total. The first-order chi connectivity index (χ1) is 25.2. The highest BCUT2D eigenvalue weighted by atomic mass is 16.6. The van der Waals surface area contributed by atoms with Gasteiger partial charge in [0.15, 0.2) is 6.10 Å². The fraction of sp³-hybridized carbons (Fsp3) is 0.909. The van der Waals surface area contributed by atoms with Gasteiger partial charge in [0, 0.05) is 37.3 Å². The molecule has 1 atom stereocenters. The van der Waals surface area contributed by atoms with Crippen molar-refractivity contribution in [3.63, 3.8) is 0 Å². The first-order valence-electron chi connectivity index (χ1n) is 22.1. The molecule has 0 aromatic rings. The molecule has 1 amide bonds. The summed E-state index contributed by atoms with van der Waals surface area (Å²) in [5.41, 5.74) is -0.696. The molecule has 1 fully saturated rings. The average Bonchev–Trinajstić information content (AvgIpc) is 3.34. The Morgan fingerprint density at radius 2 is 1.13 bits per heavy atom. The number of aliphatic carboxylic acids is 2. The maximum absolute atomic E-state index is 12.0.